The maximum absolute atomic E-state index is 15.9. The minimum Gasteiger partial charge on any atom is -0.496 e. The van der Waals surface area contributed by atoms with Crippen LogP contribution < -0.4 is 4.74 Å². The van der Waals surface area contributed by atoms with Gasteiger partial charge in [0.2, 0.25) is 0 Å². The van der Waals surface area contributed by atoms with Gasteiger partial charge in [-0.1, -0.05) is 12.1 Å². The number of benzene rings is 2. The Morgan fingerprint density at radius 2 is 2.03 bits per heavy atom. The second-order valence-corrected chi connectivity index (χ2v) is 9.32. The van der Waals surface area contributed by atoms with Crippen LogP contribution in [0.15, 0.2) is 42.6 Å². The van der Waals surface area contributed by atoms with E-state index in [1.165, 1.54) is 0 Å². The maximum Gasteiger partial charge on any atom is 0.335 e. The topological polar surface area (TPSA) is 65.6 Å². The van der Waals surface area contributed by atoms with Crippen molar-refractivity contribution in [2.24, 2.45) is 5.92 Å². The predicted molar refractivity (Wildman–Crippen MR) is 122 cm³/mol. The summed E-state index contributed by atoms with van der Waals surface area (Å²) in [5.41, 5.74) is 3.39. The van der Waals surface area contributed by atoms with Crippen molar-refractivity contribution in [1.29, 1.82) is 0 Å². The molecule has 168 valence electrons. The fraction of sp³-hybridized carbons (Fsp3) is 0.423. The molecule has 32 heavy (non-hydrogen) atoms. The first kappa shape index (κ1) is 21.0. The molecule has 0 radical (unpaired) electrons. The number of likely N-dealkylation sites (tertiary alicyclic amines) is 1. The maximum atomic E-state index is 15.9. The summed E-state index contributed by atoms with van der Waals surface area (Å²) in [6, 6.07) is 11.0. The van der Waals surface area contributed by atoms with Gasteiger partial charge in [-0.05, 0) is 67.5 Å². The van der Waals surface area contributed by atoms with E-state index in [4.69, 9.17) is 4.74 Å². The van der Waals surface area contributed by atoms with Crippen molar-refractivity contribution in [3.8, 4) is 5.75 Å². The van der Waals surface area contributed by atoms with Crippen molar-refractivity contribution in [3.63, 3.8) is 0 Å². The average molecular weight is 437 g/mol. The molecule has 2 atom stereocenters. The van der Waals surface area contributed by atoms with Crippen molar-refractivity contribution >= 4 is 16.9 Å². The highest BCUT2D eigenvalue weighted by Gasteiger charge is 2.50. The van der Waals surface area contributed by atoms with Crippen LogP contribution in [-0.4, -0.2) is 40.3 Å². The number of ether oxygens (including phenoxy) is 1. The number of hydrogen-bond donors (Lipinski definition) is 2. The minimum absolute atomic E-state index is 0.114. The van der Waals surface area contributed by atoms with Gasteiger partial charge in [0.1, 0.15) is 11.4 Å². The lowest BCUT2D eigenvalue weighted by Crippen LogP contribution is -2.44. The molecule has 1 saturated carbocycles. The van der Waals surface area contributed by atoms with Gasteiger partial charge >= 0.3 is 5.97 Å². The Bertz CT molecular complexity index is 1150. The summed E-state index contributed by atoms with van der Waals surface area (Å²) in [6.07, 6.45) is 4.85. The summed E-state index contributed by atoms with van der Waals surface area (Å²) in [5.74, 6) is 0.0544. The molecule has 1 aliphatic heterocycles. The zero-order chi connectivity index (χ0) is 22.5. The summed E-state index contributed by atoms with van der Waals surface area (Å²) in [5, 5.41) is 10.4. The molecule has 0 unspecified atom stereocenters. The van der Waals surface area contributed by atoms with Gasteiger partial charge in [0.25, 0.3) is 0 Å². The van der Waals surface area contributed by atoms with Crippen LogP contribution in [0.1, 0.15) is 58.8 Å². The van der Waals surface area contributed by atoms with E-state index in [-0.39, 0.29) is 17.5 Å². The van der Waals surface area contributed by atoms with Gasteiger partial charge < -0.3 is 14.8 Å². The molecule has 2 aliphatic rings. The highest BCUT2D eigenvalue weighted by atomic mass is 19.1. The Morgan fingerprint density at radius 3 is 2.69 bits per heavy atom. The number of aromatic carboxylic acids is 1. The quantitative estimate of drug-likeness (QED) is 0.525. The lowest BCUT2D eigenvalue weighted by molar-refractivity contribution is -0.00257. The van der Waals surface area contributed by atoms with Crippen molar-refractivity contribution in [1.82, 2.24) is 9.88 Å². The van der Waals surface area contributed by atoms with Gasteiger partial charge in [-0.15, -0.1) is 0 Å². The third kappa shape index (κ3) is 3.66. The number of halogens is 1. The zero-order valence-electron chi connectivity index (χ0n) is 18.5. The normalized spacial score (nSPS) is 24.0. The number of H-pyrrole nitrogens is 1. The van der Waals surface area contributed by atoms with Gasteiger partial charge in [-0.3, -0.25) is 4.90 Å². The summed E-state index contributed by atoms with van der Waals surface area (Å²) in [7, 11) is 1.69. The van der Waals surface area contributed by atoms with Crippen LogP contribution in [0, 0.1) is 12.8 Å². The third-order valence-corrected chi connectivity index (χ3v) is 7.33. The Kier molecular flexibility index (Phi) is 5.20. The van der Waals surface area contributed by atoms with E-state index in [1.54, 1.807) is 19.2 Å². The van der Waals surface area contributed by atoms with Crippen molar-refractivity contribution < 1.29 is 19.0 Å². The number of rotatable bonds is 6. The third-order valence-electron chi connectivity index (χ3n) is 7.33. The molecular weight excluding hydrogens is 407 g/mol. The van der Waals surface area contributed by atoms with Gasteiger partial charge in [0, 0.05) is 48.2 Å². The van der Waals surface area contributed by atoms with Crippen molar-refractivity contribution in [2.45, 2.75) is 50.9 Å². The molecule has 2 N–H and O–H groups in total. The zero-order valence-corrected chi connectivity index (χ0v) is 18.5. The fourth-order valence-electron chi connectivity index (χ4n) is 5.36. The monoisotopic (exact) mass is 436 g/mol. The lowest BCUT2D eigenvalue weighted by atomic mass is 9.81. The van der Waals surface area contributed by atoms with Gasteiger partial charge in [-0.25, -0.2) is 9.18 Å². The number of hydrogen-bond acceptors (Lipinski definition) is 3. The Labute approximate surface area is 187 Å². The minimum atomic E-state index is -1.15. The molecule has 0 spiro atoms. The SMILES string of the molecule is COc1cc(C)c2[nH]ccc2c1CN1CC[C@@](F)(C2CC2)C[C@H]1c1ccc(C(=O)O)cc1. The molecular formula is C26H29FN2O3. The van der Waals surface area contributed by atoms with Crippen LogP contribution >= 0.6 is 0 Å². The largest absolute Gasteiger partial charge is 0.496 e. The fourth-order valence-corrected chi connectivity index (χ4v) is 5.36. The number of fused-ring (bicyclic) bond motifs is 1. The van der Waals surface area contributed by atoms with Gasteiger partial charge in [0.05, 0.1) is 12.7 Å². The van der Waals surface area contributed by atoms with Crippen LogP contribution in [0.4, 0.5) is 4.39 Å². The molecule has 0 bridgehead atoms. The molecule has 5 nitrogen and oxygen atoms in total. The number of carbonyl (C=O) groups is 1. The van der Waals surface area contributed by atoms with E-state index >= 15 is 4.39 Å². The second-order valence-electron chi connectivity index (χ2n) is 9.32. The van der Waals surface area contributed by atoms with E-state index in [2.05, 4.69) is 28.9 Å². The van der Waals surface area contributed by atoms with Crippen molar-refractivity contribution in [3.05, 3.63) is 64.8 Å². The standard InChI is InChI=1S/C26H29FN2O3/c1-16-13-23(32-2)21(20-9-11-28-24(16)20)15-29-12-10-26(27,19-7-8-19)14-22(29)17-3-5-18(6-4-17)25(30)31/h3-6,9,11,13,19,22,28H,7-8,10,12,14-15H2,1-2H3,(H,30,31)/t22-,26-/m0/s1. The molecule has 3 aromatic rings. The molecule has 2 fully saturated rings. The first-order chi connectivity index (χ1) is 15.4. The van der Waals surface area contributed by atoms with E-state index < -0.39 is 11.6 Å². The van der Waals surface area contributed by atoms with Gasteiger partial charge in [0.15, 0.2) is 0 Å². The Hall–Kier alpha value is -2.86. The summed E-state index contributed by atoms with van der Waals surface area (Å²) < 4.78 is 21.6. The highest BCUT2D eigenvalue weighted by Crippen LogP contribution is 2.52. The number of piperidine rings is 1. The first-order valence-corrected chi connectivity index (χ1v) is 11.3. The molecule has 6 heteroatoms. The number of nitrogens with one attached hydrogen (secondary N) is 1. The molecule has 1 saturated heterocycles. The number of methoxy groups -OCH3 is 1. The number of carboxylic acid groups (broad SMARTS) is 1. The predicted octanol–water partition coefficient (Wildman–Crippen LogP) is 5.64. The molecule has 2 heterocycles. The van der Waals surface area contributed by atoms with E-state index in [0.29, 0.717) is 25.9 Å². The number of nitrogens with zero attached hydrogens (tertiary/aromatic N) is 1. The van der Waals surface area contributed by atoms with E-state index in [9.17, 15) is 9.90 Å². The smallest absolute Gasteiger partial charge is 0.335 e. The van der Waals surface area contributed by atoms with Gasteiger partial charge in [-0.2, -0.15) is 0 Å². The Balaban J connectivity index is 1.52. The van der Waals surface area contributed by atoms with Crippen molar-refractivity contribution in [2.75, 3.05) is 13.7 Å². The molecule has 1 aliphatic carbocycles. The summed E-state index contributed by atoms with van der Waals surface area (Å²) in [6.45, 7) is 3.36. The number of carboxylic acids is 1. The van der Waals surface area contributed by atoms with Crippen LogP contribution in [-0.2, 0) is 6.54 Å². The summed E-state index contributed by atoms with van der Waals surface area (Å²) in [4.78, 5) is 17.0. The highest BCUT2D eigenvalue weighted by molar-refractivity contribution is 5.88. The van der Waals surface area contributed by atoms with E-state index in [1.807, 2.05) is 18.3 Å². The average Bonchev–Trinajstić information content (AvgIpc) is 3.54. The second kappa shape index (κ2) is 7.93. The van der Waals surface area contributed by atoms with Crippen LogP contribution in [0.5, 0.6) is 5.75 Å². The summed E-state index contributed by atoms with van der Waals surface area (Å²) >= 11 is 0. The number of aromatic nitrogens is 1. The number of aryl methyl sites for hydroxylation is 1. The number of aromatic amines is 1. The molecule has 1 aromatic heterocycles. The molecule has 5 rings (SSSR count). The Morgan fingerprint density at radius 1 is 1.28 bits per heavy atom. The van der Waals surface area contributed by atoms with E-state index in [0.717, 1.165) is 46.2 Å². The lowest BCUT2D eigenvalue weighted by Gasteiger charge is -2.43. The van der Waals surface area contributed by atoms with Crippen LogP contribution in [0.3, 0.4) is 0 Å². The molecule has 0 amide bonds. The van der Waals surface area contributed by atoms with Crippen LogP contribution in [0.25, 0.3) is 10.9 Å². The first-order valence-electron chi connectivity index (χ1n) is 11.3. The van der Waals surface area contributed by atoms with Crippen LogP contribution in [0.2, 0.25) is 0 Å². The number of alkyl halides is 1. The molecule has 2 aromatic carbocycles.